The third-order valence-corrected chi connectivity index (χ3v) is 6.23. The van der Waals surface area contributed by atoms with E-state index in [4.69, 9.17) is 5.73 Å². The molecule has 188 valence electrons. The van der Waals surface area contributed by atoms with Gasteiger partial charge in [0.2, 0.25) is 17.7 Å². The van der Waals surface area contributed by atoms with Gasteiger partial charge in [0, 0.05) is 6.54 Å². The van der Waals surface area contributed by atoms with E-state index in [2.05, 4.69) is 10.6 Å². The Labute approximate surface area is 202 Å². The highest BCUT2D eigenvalue weighted by atomic mass is 32.2. The SMILES string of the molecule is CSCCC(NC(=O)C(CO)NC(=O)C1CCCN1C(=O)C(N)Cc1ccc(O)cc1)C(=O)O. The van der Waals surface area contributed by atoms with Gasteiger partial charge in [-0.05, 0) is 55.4 Å². The van der Waals surface area contributed by atoms with Gasteiger partial charge in [-0.2, -0.15) is 11.8 Å². The maximum atomic E-state index is 12.9. The van der Waals surface area contributed by atoms with Gasteiger partial charge in [-0.3, -0.25) is 14.4 Å². The first-order valence-corrected chi connectivity index (χ1v) is 12.3. The Morgan fingerprint density at radius 2 is 1.85 bits per heavy atom. The number of aliphatic hydroxyl groups is 1. The molecule has 1 aliphatic rings. The summed E-state index contributed by atoms with van der Waals surface area (Å²) in [5.41, 5.74) is 6.84. The fraction of sp³-hybridized carbons (Fsp3) is 0.545. The van der Waals surface area contributed by atoms with Crippen LogP contribution in [0.25, 0.3) is 0 Å². The summed E-state index contributed by atoms with van der Waals surface area (Å²) in [5, 5.41) is 33.0. The van der Waals surface area contributed by atoms with Crippen molar-refractivity contribution in [2.75, 3.05) is 25.2 Å². The molecule has 1 saturated heterocycles. The Bertz CT molecular complexity index is 867. The van der Waals surface area contributed by atoms with Crippen molar-refractivity contribution in [1.29, 1.82) is 0 Å². The molecule has 1 aromatic carbocycles. The standard InChI is InChI=1S/C22H32N4O7S/c1-34-10-8-16(22(32)33)24-19(29)17(12-27)25-20(30)18-3-2-9-26(18)21(31)15(23)11-13-4-6-14(28)7-5-13/h4-7,15-18,27-28H,2-3,8-12,23H2,1H3,(H,24,29)(H,25,30)(H,32,33). The third-order valence-electron chi connectivity index (χ3n) is 5.59. The van der Waals surface area contributed by atoms with E-state index in [1.54, 1.807) is 12.1 Å². The molecule has 0 aliphatic carbocycles. The molecule has 11 nitrogen and oxygen atoms in total. The average Bonchev–Trinajstić information content (AvgIpc) is 3.30. The summed E-state index contributed by atoms with van der Waals surface area (Å²) >= 11 is 1.43. The molecule has 12 heteroatoms. The Hall–Kier alpha value is -2.83. The normalized spacial score (nSPS) is 18.1. The van der Waals surface area contributed by atoms with Gasteiger partial charge in [0.25, 0.3) is 0 Å². The van der Waals surface area contributed by atoms with Gasteiger partial charge in [0.15, 0.2) is 0 Å². The first-order valence-electron chi connectivity index (χ1n) is 10.9. The number of benzene rings is 1. The van der Waals surface area contributed by atoms with Crippen molar-refractivity contribution in [3.05, 3.63) is 29.8 Å². The largest absolute Gasteiger partial charge is 0.508 e. The number of hydrogen-bond acceptors (Lipinski definition) is 8. The number of amides is 3. The Morgan fingerprint density at radius 1 is 1.18 bits per heavy atom. The smallest absolute Gasteiger partial charge is 0.326 e. The van der Waals surface area contributed by atoms with Crippen molar-refractivity contribution in [2.24, 2.45) is 5.73 Å². The minimum atomic E-state index is -1.35. The molecule has 0 bridgehead atoms. The van der Waals surface area contributed by atoms with Crippen molar-refractivity contribution >= 4 is 35.5 Å². The molecule has 34 heavy (non-hydrogen) atoms. The number of carbonyl (C=O) groups excluding carboxylic acids is 3. The highest BCUT2D eigenvalue weighted by molar-refractivity contribution is 7.98. The summed E-state index contributed by atoms with van der Waals surface area (Å²) in [7, 11) is 0. The van der Waals surface area contributed by atoms with Crippen molar-refractivity contribution in [3.63, 3.8) is 0 Å². The van der Waals surface area contributed by atoms with Crippen LogP contribution in [0.4, 0.5) is 0 Å². The number of carboxylic acids is 1. The van der Waals surface area contributed by atoms with E-state index in [9.17, 15) is 34.5 Å². The van der Waals surface area contributed by atoms with Crippen molar-refractivity contribution < 1.29 is 34.5 Å². The molecule has 3 amide bonds. The number of phenolic OH excluding ortho intramolecular Hbond substituents is 1. The van der Waals surface area contributed by atoms with E-state index in [1.165, 1.54) is 28.8 Å². The molecule has 1 heterocycles. The third kappa shape index (κ3) is 7.61. The minimum Gasteiger partial charge on any atom is -0.508 e. The quantitative estimate of drug-likeness (QED) is 0.212. The monoisotopic (exact) mass is 496 g/mol. The number of carboxylic acid groups (broad SMARTS) is 1. The van der Waals surface area contributed by atoms with Gasteiger partial charge >= 0.3 is 5.97 Å². The fourth-order valence-corrected chi connectivity index (χ4v) is 4.19. The van der Waals surface area contributed by atoms with E-state index in [0.717, 1.165) is 5.56 Å². The van der Waals surface area contributed by atoms with Gasteiger partial charge in [-0.15, -0.1) is 0 Å². The number of nitrogens with two attached hydrogens (primary N) is 1. The van der Waals surface area contributed by atoms with Crippen LogP contribution in [-0.4, -0.2) is 93.2 Å². The molecular formula is C22H32N4O7S. The summed E-state index contributed by atoms with van der Waals surface area (Å²) in [6, 6.07) is 2.05. The van der Waals surface area contributed by atoms with Crippen LogP contribution in [-0.2, 0) is 25.6 Å². The van der Waals surface area contributed by atoms with Crippen LogP contribution in [0.2, 0.25) is 0 Å². The molecule has 0 saturated carbocycles. The zero-order chi connectivity index (χ0) is 25.3. The number of aromatic hydroxyl groups is 1. The van der Waals surface area contributed by atoms with E-state index >= 15 is 0 Å². The number of aliphatic carboxylic acids is 1. The lowest BCUT2D eigenvalue weighted by atomic mass is 10.0. The second-order valence-corrected chi connectivity index (χ2v) is 9.08. The molecule has 1 aromatic rings. The fourth-order valence-electron chi connectivity index (χ4n) is 3.72. The van der Waals surface area contributed by atoms with Gasteiger partial charge in [-0.25, -0.2) is 4.79 Å². The van der Waals surface area contributed by atoms with Crippen LogP contribution in [0.3, 0.4) is 0 Å². The molecule has 0 radical (unpaired) electrons. The van der Waals surface area contributed by atoms with Gasteiger partial charge in [0.05, 0.1) is 12.6 Å². The summed E-state index contributed by atoms with van der Waals surface area (Å²) in [5.74, 6) is -2.45. The lowest BCUT2D eigenvalue weighted by Gasteiger charge is -2.28. The first-order chi connectivity index (χ1) is 16.2. The molecular weight excluding hydrogens is 464 g/mol. The maximum absolute atomic E-state index is 12.9. The minimum absolute atomic E-state index is 0.0985. The molecule has 4 unspecified atom stereocenters. The Morgan fingerprint density at radius 3 is 2.44 bits per heavy atom. The molecule has 0 spiro atoms. The zero-order valence-corrected chi connectivity index (χ0v) is 19.8. The van der Waals surface area contributed by atoms with E-state index in [1.807, 2.05) is 6.26 Å². The second kappa shape index (κ2) is 13.2. The molecule has 7 N–H and O–H groups in total. The highest BCUT2D eigenvalue weighted by Crippen LogP contribution is 2.20. The van der Waals surface area contributed by atoms with Crippen LogP contribution < -0.4 is 16.4 Å². The number of carbonyl (C=O) groups is 4. The average molecular weight is 497 g/mol. The summed E-state index contributed by atoms with van der Waals surface area (Å²) in [4.78, 5) is 51.0. The summed E-state index contributed by atoms with van der Waals surface area (Å²) in [6.45, 7) is -0.403. The van der Waals surface area contributed by atoms with Gasteiger partial charge < -0.3 is 36.6 Å². The van der Waals surface area contributed by atoms with Crippen LogP contribution in [0.5, 0.6) is 5.75 Å². The van der Waals surface area contributed by atoms with E-state index in [-0.39, 0.29) is 18.6 Å². The number of aliphatic hydroxyl groups excluding tert-OH is 1. The Kier molecular flexibility index (Phi) is 10.6. The van der Waals surface area contributed by atoms with Crippen LogP contribution in [0.15, 0.2) is 24.3 Å². The molecule has 0 aromatic heterocycles. The Balaban J connectivity index is 1.99. The lowest BCUT2D eigenvalue weighted by Crippen LogP contribution is -2.57. The topological polar surface area (TPSA) is 182 Å². The van der Waals surface area contributed by atoms with Gasteiger partial charge in [0.1, 0.15) is 23.9 Å². The molecule has 1 fully saturated rings. The molecule has 2 rings (SSSR count). The summed E-state index contributed by atoms with van der Waals surface area (Å²) in [6.07, 6.45) is 3.16. The number of nitrogens with one attached hydrogen (secondary N) is 2. The van der Waals surface area contributed by atoms with E-state index < -0.39 is 54.5 Å². The lowest BCUT2D eigenvalue weighted by molar-refractivity contribution is -0.143. The van der Waals surface area contributed by atoms with Crippen LogP contribution in [0, 0.1) is 0 Å². The predicted molar refractivity (Wildman–Crippen MR) is 126 cm³/mol. The number of likely N-dealkylation sites (tertiary alicyclic amines) is 1. The number of thioether (sulfide) groups is 1. The van der Waals surface area contributed by atoms with E-state index in [0.29, 0.717) is 25.1 Å². The van der Waals surface area contributed by atoms with Crippen LogP contribution >= 0.6 is 11.8 Å². The molecule has 1 aliphatic heterocycles. The van der Waals surface area contributed by atoms with Crippen molar-refractivity contribution in [3.8, 4) is 5.75 Å². The number of hydrogen-bond donors (Lipinski definition) is 6. The van der Waals surface area contributed by atoms with Crippen LogP contribution in [0.1, 0.15) is 24.8 Å². The van der Waals surface area contributed by atoms with Crippen molar-refractivity contribution in [1.82, 2.24) is 15.5 Å². The zero-order valence-electron chi connectivity index (χ0n) is 19.0. The number of phenols is 1. The predicted octanol–water partition coefficient (Wildman–Crippen LogP) is -0.947. The molecule has 4 atom stereocenters. The summed E-state index contributed by atoms with van der Waals surface area (Å²) < 4.78 is 0. The second-order valence-electron chi connectivity index (χ2n) is 8.09. The maximum Gasteiger partial charge on any atom is 0.326 e. The number of rotatable bonds is 12. The van der Waals surface area contributed by atoms with Gasteiger partial charge in [-0.1, -0.05) is 12.1 Å². The number of nitrogens with zero attached hydrogens (tertiary/aromatic N) is 1. The van der Waals surface area contributed by atoms with Crippen molar-refractivity contribution in [2.45, 2.75) is 49.9 Å². The highest BCUT2D eigenvalue weighted by Gasteiger charge is 2.37. The first kappa shape index (κ1) is 27.4.